The van der Waals surface area contributed by atoms with Crippen molar-refractivity contribution in [2.45, 2.75) is 58.3 Å². The Morgan fingerprint density at radius 3 is 2.52 bits per heavy atom. The number of benzene rings is 1. The minimum Gasteiger partial charge on any atom is -0.461 e. The highest BCUT2D eigenvalue weighted by molar-refractivity contribution is 5.75. The highest BCUT2D eigenvalue weighted by Crippen LogP contribution is 2.27. The number of esters is 1. The van der Waals surface area contributed by atoms with Gasteiger partial charge in [-0.05, 0) is 39.2 Å². The van der Waals surface area contributed by atoms with Crippen LogP contribution in [0.1, 0.15) is 45.6 Å². The first kappa shape index (κ1) is 17.3. The molecule has 0 heterocycles. The lowest BCUT2D eigenvalue weighted by Crippen LogP contribution is -2.43. The highest BCUT2D eigenvalue weighted by atomic mass is 16.6. The smallest absolute Gasteiger partial charge is 0.407 e. The number of nitrogens with one attached hydrogen (secondary N) is 1. The quantitative estimate of drug-likeness (QED) is 0.864. The average molecular weight is 319 g/mol. The van der Waals surface area contributed by atoms with Gasteiger partial charge in [0.25, 0.3) is 0 Å². The third kappa shape index (κ3) is 5.58. The summed E-state index contributed by atoms with van der Waals surface area (Å²) < 4.78 is 10.6. The van der Waals surface area contributed by atoms with E-state index < -0.39 is 11.7 Å². The molecule has 1 aliphatic carbocycles. The summed E-state index contributed by atoms with van der Waals surface area (Å²) in [6.07, 6.45) is 1.91. The SMILES string of the molecule is CC(C)(C)OC(=O)NC1CCCC1C(=O)OCc1ccccc1. The van der Waals surface area contributed by atoms with Gasteiger partial charge in [-0.25, -0.2) is 4.79 Å². The molecule has 0 spiro atoms. The minimum absolute atomic E-state index is 0.215. The molecule has 5 heteroatoms. The van der Waals surface area contributed by atoms with Crippen LogP contribution in [0, 0.1) is 5.92 Å². The maximum Gasteiger partial charge on any atom is 0.407 e. The molecule has 23 heavy (non-hydrogen) atoms. The molecular formula is C18H25NO4. The van der Waals surface area contributed by atoms with Crippen molar-refractivity contribution in [1.82, 2.24) is 5.32 Å². The first-order valence-corrected chi connectivity index (χ1v) is 8.05. The van der Waals surface area contributed by atoms with E-state index in [1.165, 1.54) is 0 Å². The minimum atomic E-state index is -0.550. The van der Waals surface area contributed by atoms with Gasteiger partial charge in [0.15, 0.2) is 0 Å². The number of rotatable bonds is 4. The van der Waals surface area contributed by atoms with Gasteiger partial charge in [0.2, 0.25) is 0 Å². The predicted molar refractivity (Wildman–Crippen MR) is 86.7 cm³/mol. The Hall–Kier alpha value is -2.04. The summed E-state index contributed by atoms with van der Waals surface area (Å²) in [6.45, 7) is 5.70. The maximum atomic E-state index is 12.3. The topological polar surface area (TPSA) is 64.6 Å². The van der Waals surface area contributed by atoms with E-state index in [4.69, 9.17) is 9.47 Å². The van der Waals surface area contributed by atoms with Crippen LogP contribution in [0.25, 0.3) is 0 Å². The zero-order valence-electron chi connectivity index (χ0n) is 14.0. The van der Waals surface area contributed by atoms with Gasteiger partial charge in [0.1, 0.15) is 12.2 Å². The van der Waals surface area contributed by atoms with E-state index in [2.05, 4.69) is 5.32 Å². The standard InChI is InChI=1S/C18H25NO4/c1-18(2,3)23-17(21)19-15-11-7-10-14(15)16(20)22-12-13-8-5-4-6-9-13/h4-6,8-9,14-15H,7,10-12H2,1-3H3,(H,19,21). The van der Waals surface area contributed by atoms with Crippen LogP contribution >= 0.6 is 0 Å². The molecule has 1 fully saturated rings. The average Bonchev–Trinajstić information content (AvgIpc) is 2.92. The summed E-state index contributed by atoms with van der Waals surface area (Å²) in [5, 5.41) is 2.80. The summed E-state index contributed by atoms with van der Waals surface area (Å²) in [5.41, 5.74) is 0.405. The van der Waals surface area contributed by atoms with E-state index in [0.717, 1.165) is 24.8 Å². The predicted octanol–water partition coefficient (Wildman–Crippen LogP) is 3.42. The van der Waals surface area contributed by atoms with Crippen LogP contribution in [0.2, 0.25) is 0 Å². The second-order valence-corrected chi connectivity index (χ2v) is 6.88. The molecule has 2 atom stereocenters. The number of hydrogen-bond acceptors (Lipinski definition) is 4. The zero-order valence-corrected chi connectivity index (χ0v) is 14.0. The lowest BCUT2D eigenvalue weighted by molar-refractivity contribution is -0.150. The fraction of sp³-hybridized carbons (Fsp3) is 0.556. The molecule has 1 aromatic rings. The molecule has 0 bridgehead atoms. The maximum absolute atomic E-state index is 12.3. The Balaban J connectivity index is 1.85. The van der Waals surface area contributed by atoms with E-state index in [0.29, 0.717) is 0 Å². The van der Waals surface area contributed by atoms with Crippen LogP contribution in [-0.4, -0.2) is 23.7 Å². The summed E-state index contributed by atoms with van der Waals surface area (Å²) in [7, 11) is 0. The second-order valence-electron chi connectivity index (χ2n) is 6.88. The number of carbonyl (C=O) groups is 2. The lowest BCUT2D eigenvalue weighted by atomic mass is 10.0. The van der Waals surface area contributed by atoms with E-state index in [9.17, 15) is 9.59 Å². The summed E-state index contributed by atoms with van der Waals surface area (Å²) in [4.78, 5) is 24.2. The molecule has 2 rings (SSSR count). The Morgan fingerprint density at radius 2 is 1.87 bits per heavy atom. The first-order valence-electron chi connectivity index (χ1n) is 8.05. The monoisotopic (exact) mass is 319 g/mol. The third-order valence-electron chi connectivity index (χ3n) is 3.74. The molecule has 0 saturated heterocycles. The van der Waals surface area contributed by atoms with Crippen molar-refractivity contribution in [1.29, 1.82) is 0 Å². The van der Waals surface area contributed by atoms with Crippen molar-refractivity contribution >= 4 is 12.1 Å². The second kappa shape index (κ2) is 7.49. The zero-order chi connectivity index (χ0) is 16.9. The van der Waals surface area contributed by atoms with Gasteiger partial charge in [-0.1, -0.05) is 36.8 Å². The molecule has 0 radical (unpaired) electrons. The van der Waals surface area contributed by atoms with E-state index >= 15 is 0 Å². The van der Waals surface area contributed by atoms with Crippen molar-refractivity contribution in [3.05, 3.63) is 35.9 Å². The van der Waals surface area contributed by atoms with Gasteiger partial charge in [-0.2, -0.15) is 0 Å². The third-order valence-corrected chi connectivity index (χ3v) is 3.74. The van der Waals surface area contributed by atoms with Crippen molar-refractivity contribution in [3.63, 3.8) is 0 Å². The fourth-order valence-corrected chi connectivity index (χ4v) is 2.71. The molecule has 1 amide bonds. The molecule has 1 aromatic carbocycles. The number of ether oxygens (including phenoxy) is 2. The molecule has 2 unspecified atom stereocenters. The van der Waals surface area contributed by atoms with E-state index in [-0.39, 0.29) is 24.5 Å². The normalized spacial score (nSPS) is 20.8. The Morgan fingerprint density at radius 1 is 1.17 bits per heavy atom. The van der Waals surface area contributed by atoms with Crippen molar-refractivity contribution in [2.75, 3.05) is 0 Å². The molecule has 1 aliphatic rings. The Bertz CT molecular complexity index is 536. The number of alkyl carbamates (subject to hydrolysis) is 1. The van der Waals surface area contributed by atoms with Crippen LogP contribution in [0.3, 0.4) is 0 Å². The van der Waals surface area contributed by atoms with Gasteiger partial charge in [-0.3, -0.25) is 4.79 Å². The molecular weight excluding hydrogens is 294 g/mol. The molecule has 1 saturated carbocycles. The summed E-state index contributed by atoms with van der Waals surface area (Å²) >= 11 is 0. The van der Waals surface area contributed by atoms with Gasteiger partial charge >= 0.3 is 12.1 Å². The van der Waals surface area contributed by atoms with Gasteiger partial charge in [0, 0.05) is 6.04 Å². The van der Waals surface area contributed by atoms with Crippen molar-refractivity contribution in [3.8, 4) is 0 Å². The summed E-state index contributed by atoms with van der Waals surface area (Å²) in [6, 6.07) is 9.35. The largest absolute Gasteiger partial charge is 0.461 e. The lowest BCUT2D eigenvalue weighted by Gasteiger charge is -2.24. The van der Waals surface area contributed by atoms with Gasteiger partial charge in [0.05, 0.1) is 5.92 Å². The summed E-state index contributed by atoms with van der Waals surface area (Å²) in [5.74, 6) is -0.557. The van der Waals surface area contributed by atoms with E-state index in [1.807, 2.05) is 51.1 Å². The van der Waals surface area contributed by atoms with E-state index in [1.54, 1.807) is 0 Å². The van der Waals surface area contributed by atoms with Crippen LogP contribution in [-0.2, 0) is 20.9 Å². The van der Waals surface area contributed by atoms with Crippen LogP contribution in [0.4, 0.5) is 4.79 Å². The number of carbonyl (C=O) groups excluding carboxylic acids is 2. The highest BCUT2D eigenvalue weighted by Gasteiger charge is 2.36. The van der Waals surface area contributed by atoms with Gasteiger partial charge in [-0.15, -0.1) is 0 Å². The van der Waals surface area contributed by atoms with Crippen molar-refractivity contribution < 1.29 is 19.1 Å². The molecule has 5 nitrogen and oxygen atoms in total. The van der Waals surface area contributed by atoms with Crippen LogP contribution < -0.4 is 5.32 Å². The van der Waals surface area contributed by atoms with Crippen LogP contribution in [0.5, 0.6) is 0 Å². The Kier molecular flexibility index (Phi) is 5.64. The van der Waals surface area contributed by atoms with Crippen LogP contribution in [0.15, 0.2) is 30.3 Å². The van der Waals surface area contributed by atoms with Crippen molar-refractivity contribution in [2.24, 2.45) is 5.92 Å². The molecule has 0 aromatic heterocycles. The molecule has 126 valence electrons. The first-order chi connectivity index (χ1) is 10.8. The number of hydrogen-bond donors (Lipinski definition) is 1. The van der Waals surface area contributed by atoms with Gasteiger partial charge < -0.3 is 14.8 Å². The molecule has 1 N–H and O–H groups in total. The Labute approximate surface area is 137 Å². The molecule has 0 aliphatic heterocycles. The number of amides is 1. The fourth-order valence-electron chi connectivity index (χ4n) is 2.71.